The topological polar surface area (TPSA) is 52.3 Å². The molecule has 3 rings (SSSR count). The predicted molar refractivity (Wildman–Crippen MR) is 72.5 cm³/mol. The quantitative estimate of drug-likeness (QED) is 0.721. The summed E-state index contributed by atoms with van der Waals surface area (Å²) in [5, 5.41) is 8.55. The normalized spacial score (nSPS) is 10.9. The zero-order valence-electron chi connectivity index (χ0n) is 10.5. The molecular weight excluding hydrogens is 264 g/mol. The van der Waals surface area contributed by atoms with E-state index in [-0.39, 0.29) is 0 Å². The Morgan fingerprint density at radius 1 is 1.26 bits per heavy atom. The smallest absolute Gasteiger partial charge is 0.198 e. The second-order valence-corrected chi connectivity index (χ2v) is 4.48. The van der Waals surface area contributed by atoms with E-state index in [9.17, 15) is 0 Å². The highest BCUT2D eigenvalue weighted by atomic mass is 35.5. The van der Waals surface area contributed by atoms with Crippen molar-refractivity contribution < 1.29 is 4.74 Å². The maximum atomic E-state index is 5.98. The molecule has 0 aliphatic carbocycles. The molecule has 0 amide bonds. The zero-order chi connectivity index (χ0) is 13.4. The minimum atomic E-state index is 0.334. The van der Waals surface area contributed by atoms with E-state index < -0.39 is 0 Å². The summed E-state index contributed by atoms with van der Waals surface area (Å²) in [6.45, 7) is 1.99. The minimum Gasteiger partial charge on any atom is -0.496 e. The predicted octanol–water partition coefficient (Wildman–Crippen LogP) is 2.76. The summed E-state index contributed by atoms with van der Waals surface area (Å²) in [7, 11) is 1.65. The standard InChI is InChI=1S/C13H11ClN4O/c1-8-3-4-9(7-10(8)19-2)12-16-17-13-11(14)15-5-6-18(12)13/h3-7H,1-2H3. The van der Waals surface area contributed by atoms with Crippen LogP contribution in [-0.2, 0) is 0 Å². The highest BCUT2D eigenvalue weighted by Gasteiger charge is 2.12. The van der Waals surface area contributed by atoms with Crippen LogP contribution in [0.25, 0.3) is 17.0 Å². The Morgan fingerprint density at radius 2 is 2.11 bits per heavy atom. The molecule has 0 atom stereocenters. The summed E-state index contributed by atoms with van der Waals surface area (Å²) >= 11 is 5.98. The van der Waals surface area contributed by atoms with Gasteiger partial charge in [-0.15, -0.1) is 10.2 Å². The van der Waals surface area contributed by atoms with Gasteiger partial charge in [0.2, 0.25) is 0 Å². The average Bonchev–Trinajstić information content (AvgIpc) is 2.85. The van der Waals surface area contributed by atoms with Gasteiger partial charge in [-0.3, -0.25) is 4.40 Å². The third-order valence-electron chi connectivity index (χ3n) is 2.95. The Kier molecular flexibility index (Phi) is 2.83. The molecule has 0 N–H and O–H groups in total. The number of aryl methyl sites for hydroxylation is 1. The van der Waals surface area contributed by atoms with Gasteiger partial charge in [-0.05, 0) is 18.6 Å². The summed E-state index contributed by atoms with van der Waals surface area (Å²) in [6, 6.07) is 5.89. The van der Waals surface area contributed by atoms with Crippen molar-refractivity contribution in [1.82, 2.24) is 19.6 Å². The molecule has 0 unspecified atom stereocenters. The van der Waals surface area contributed by atoms with Gasteiger partial charge in [-0.2, -0.15) is 0 Å². The monoisotopic (exact) mass is 274 g/mol. The molecule has 0 bridgehead atoms. The highest BCUT2D eigenvalue weighted by Crippen LogP contribution is 2.26. The fourth-order valence-corrected chi connectivity index (χ4v) is 2.14. The molecule has 6 heteroatoms. The Bertz CT molecular complexity index is 753. The van der Waals surface area contributed by atoms with Crippen molar-refractivity contribution >= 4 is 17.2 Å². The number of nitrogens with zero attached hydrogens (tertiary/aromatic N) is 4. The van der Waals surface area contributed by atoms with E-state index in [1.54, 1.807) is 23.9 Å². The maximum Gasteiger partial charge on any atom is 0.198 e. The summed E-state index contributed by atoms with van der Waals surface area (Å²) in [5.74, 6) is 1.52. The van der Waals surface area contributed by atoms with Crippen LogP contribution in [0, 0.1) is 6.92 Å². The van der Waals surface area contributed by atoms with Crippen molar-refractivity contribution in [2.75, 3.05) is 7.11 Å². The molecule has 0 aliphatic rings. The average molecular weight is 275 g/mol. The lowest BCUT2D eigenvalue weighted by molar-refractivity contribution is 0.412. The first-order valence-corrected chi connectivity index (χ1v) is 6.09. The van der Waals surface area contributed by atoms with Crippen LogP contribution in [-0.4, -0.2) is 26.7 Å². The van der Waals surface area contributed by atoms with Gasteiger partial charge < -0.3 is 4.74 Å². The number of halogens is 1. The number of ether oxygens (including phenoxy) is 1. The first-order valence-electron chi connectivity index (χ1n) is 5.71. The van der Waals surface area contributed by atoms with Crippen LogP contribution >= 0.6 is 11.6 Å². The number of hydrogen-bond donors (Lipinski definition) is 0. The minimum absolute atomic E-state index is 0.334. The van der Waals surface area contributed by atoms with E-state index in [1.807, 2.05) is 25.1 Å². The SMILES string of the molecule is COc1cc(-c2nnc3c(Cl)nccn23)ccc1C. The number of rotatable bonds is 2. The highest BCUT2D eigenvalue weighted by molar-refractivity contribution is 6.32. The molecule has 0 saturated heterocycles. The van der Waals surface area contributed by atoms with Gasteiger partial charge in [-0.25, -0.2) is 4.98 Å². The zero-order valence-corrected chi connectivity index (χ0v) is 11.2. The van der Waals surface area contributed by atoms with Crippen molar-refractivity contribution in [1.29, 1.82) is 0 Å². The Morgan fingerprint density at radius 3 is 2.89 bits per heavy atom. The molecule has 0 fully saturated rings. The molecule has 2 aromatic heterocycles. The van der Waals surface area contributed by atoms with E-state index in [0.29, 0.717) is 16.6 Å². The van der Waals surface area contributed by atoms with Crippen LogP contribution in [0.5, 0.6) is 5.75 Å². The number of hydrogen-bond acceptors (Lipinski definition) is 4. The van der Waals surface area contributed by atoms with Gasteiger partial charge in [0.25, 0.3) is 0 Å². The molecule has 0 radical (unpaired) electrons. The summed E-state index contributed by atoms with van der Waals surface area (Å²) in [6.07, 6.45) is 3.40. The van der Waals surface area contributed by atoms with Crippen molar-refractivity contribution in [2.45, 2.75) is 6.92 Å². The maximum absolute atomic E-state index is 5.98. The van der Waals surface area contributed by atoms with Crippen molar-refractivity contribution in [3.63, 3.8) is 0 Å². The van der Waals surface area contributed by atoms with Gasteiger partial charge in [-0.1, -0.05) is 23.7 Å². The molecule has 3 aromatic rings. The molecule has 2 heterocycles. The first kappa shape index (κ1) is 11.9. The van der Waals surface area contributed by atoms with Gasteiger partial charge in [0.05, 0.1) is 7.11 Å². The lowest BCUT2D eigenvalue weighted by Gasteiger charge is -2.06. The van der Waals surface area contributed by atoms with E-state index in [2.05, 4.69) is 15.2 Å². The van der Waals surface area contributed by atoms with E-state index in [1.165, 1.54) is 0 Å². The van der Waals surface area contributed by atoms with Crippen LogP contribution in [0.4, 0.5) is 0 Å². The number of fused-ring (bicyclic) bond motifs is 1. The van der Waals surface area contributed by atoms with Crippen LogP contribution in [0.1, 0.15) is 5.56 Å². The largest absolute Gasteiger partial charge is 0.496 e. The fraction of sp³-hybridized carbons (Fsp3) is 0.154. The van der Waals surface area contributed by atoms with Crippen molar-refractivity contribution in [3.8, 4) is 17.1 Å². The fourth-order valence-electron chi connectivity index (χ4n) is 1.95. The second kappa shape index (κ2) is 4.51. The molecule has 5 nitrogen and oxygen atoms in total. The summed E-state index contributed by atoms with van der Waals surface area (Å²) in [5.41, 5.74) is 2.52. The molecule has 19 heavy (non-hydrogen) atoms. The number of methoxy groups -OCH3 is 1. The van der Waals surface area contributed by atoms with Gasteiger partial charge in [0, 0.05) is 18.0 Å². The van der Waals surface area contributed by atoms with Crippen LogP contribution in [0.15, 0.2) is 30.6 Å². The molecule has 0 spiro atoms. The lowest BCUT2D eigenvalue weighted by Crippen LogP contribution is -1.93. The molecule has 0 saturated carbocycles. The molecule has 0 aliphatic heterocycles. The van der Waals surface area contributed by atoms with Crippen LogP contribution in [0.2, 0.25) is 5.15 Å². The summed E-state index contributed by atoms with van der Waals surface area (Å²) in [4.78, 5) is 3.98. The third kappa shape index (κ3) is 1.92. The third-order valence-corrected chi connectivity index (χ3v) is 3.22. The van der Waals surface area contributed by atoms with Crippen molar-refractivity contribution in [3.05, 3.63) is 41.3 Å². The van der Waals surface area contributed by atoms with Gasteiger partial charge in [0.15, 0.2) is 16.6 Å². The van der Waals surface area contributed by atoms with Gasteiger partial charge >= 0.3 is 0 Å². The van der Waals surface area contributed by atoms with Gasteiger partial charge in [0.1, 0.15) is 5.75 Å². The van der Waals surface area contributed by atoms with Crippen LogP contribution in [0.3, 0.4) is 0 Å². The van der Waals surface area contributed by atoms with Crippen molar-refractivity contribution in [2.24, 2.45) is 0 Å². The van der Waals surface area contributed by atoms with Crippen LogP contribution < -0.4 is 4.74 Å². The Balaban J connectivity index is 2.22. The molecule has 1 aromatic carbocycles. The van der Waals surface area contributed by atoms with E-state index >= 15 is 0 Å². The van der Waals surface area contributed by atoms with E-state index in [0.717, 1.165) is 16.9 Å². The summed E-state index contributed by atoms with van der Waals surface area (Å²) < 4.78 is 7.13. The molecular formula is C13H11ClN4O. The second-order valence-electron chi connectivity index (χ2n) is 4.12. The number of aromatic nitrogens is 4. The number of benzene rings is 1. The van der Waals surface area contributed by atoms with E-state index in [4.69, 9.17) is 16.3 Å². The Labute approximate surface area is 114 Å². The molecule has 96 valence electrons. The first-order chi connectivity index (χ1) is 9.20. The Hall–Kier alpha value is -2.14. The lowest BCUT2D eigenvalue weighted by atomic mass is 10.1.